The molecule has 0 N–H and O–H groups in total. The van der Waals surface area contributed by atoms with Crippen molar-refractivity contribution in [1.29, 1.82) is 0 Å². The van der Waals surface area contributed by atoms with Crippen molar-refractivity contribution in [2.45, 2.75) is 63.3 Å². The van der Waals surface area contributed by atoms with Crippen molar-refractivity contribution in [3.63, 3.8) is 0 Å². The number of pyridine rings is 1. The maximum atomic E-state index is 13.9. The Kier molecular flexibility index (Phi) is 6.16. The van der Waals surface area contributed by atoms with E-state index < -0.39 is 17.2 Å². The van der Waals surface area contributed by atoms with Crippen LogP contribution in [0.5, 0.6) is 0 Å². The highest BCUT2D eigenvalue weighted by Crippen LogP contribution is 2.56. The van der Waals surface area contributed by atoms with Crippen LogP contribution >= 0.6 is 0 Å². The van der Waals surface area contributed by atoms with Crippen LogP contribution in [0.1, 0.15) is 48.9 Å². The van der Waals surface area contributed by atoms with E-state index in [1.165, 1.54) is 6.07 Å². The number of halogens is 3. The molecule has 3 heterocycles. The maximum absolute atomic E-state index is 13.9. The molecule has 0 unspecified atom stereocenters. The lowest BCUT2D eigenvalue weighted by molar-refractivity contribution is -0.144. The molecule has 6 nitrogen and oxygen atoms in total. The summed E-state index contributed by atoms with van der Waals surface area (Å²) in [5, 5.41) is 0. The third-order valence-corrected chi connectivity index (χ3v) is 8.29. The summed E-state index contributed by atoms with van der Waals surface area (Å²) < 4.78 is 50.7. The molecule has 1 aromatic rings. The molecule has 182 valence electrons. The summed E-state index contributed by atoms with van der Waals surface area (Å²) in [7, 11) is 1.70. The number of hydrogen-bond donors (Lipinski definition) is 0. The molecule has 0 bridgehead atoms. The first-order chi connectivity index (χ1) is 15.8. The van der Waals surface area contributed by atoms with Gasteiger partial charge in [0.15, 0.2) is 0 Å². The third kappa shape index (κ3) is 4.17. The lowest BCUT2D eigenvalue weighted by Crippen LogP contribution is -2.53. The molecule has 2 aliphatic carbocycles. The van der Waals surface area contributed by atoms with Crippen LogP contribution < -0.4 is 0 Å². The summed E-state index contributed by atoms with van der Waals surface area (Å²) >= 11 is 0. The van der Waals surface area contributed by atoms with E-state index in [1.807, 2.05) is 0 Å². The second-order valence-electron chi connectivity index (χ2n) is 10.1. The van der Waals surface area contributed by atoms with Gasteiger partial charge in [0.2, 0.25) is 5.91 Å². The van der Waals surface area contributed by atoms with Crippen LogP contribution in [0.2, 0.25) is 0 Å². The smallest absolute Gasteiger partial charge is 0.383 e. The molecule has 1 saturated heterocycles. The second-order valence-corrected chi connectivity index (χ2v) is 10.1. The Morgan fingerprint density at radius 2 is 2.21 bits per heavy atom. The van der Waals surface area contributed by atoms with Crippen LogP contribution in [0.3, 0.4) is 0 Å². The zero-order chi connectivity index (χ0) is 23.2. The fraction of sp³-hybridized carbons (Fsp3) is 0.750. The van der Waals surface area contributed by atoms with E-state index in [4.69, 9.17) is 9.47 Å². The van der Waals surface area contributed by atoms with E-state index in [0.717, 1.165) is 44.8 Å². The van der Waals surface area contributed by atoms with Crippen LogP contribution in [-0.4, -0.2) is 72.8 Å². The van der Waals surface area contributed by atoms with Gasteiger partial charge in [0.1, 0.15) is 0 Å². The minimum absolute atomic E-state index is 0.132. The molecule has 3 fully saturated rings. The summed E-state index contributed by atoms with van der Waals surface area (Å²) in [6.07, 6.45) is 1.75. The molecule has 0 spiro atoms. The number of alkyl halides is 3. The number of aromatic nitrogens is 1. The van der Waals surface area contributed by atoms with Crippen molar-refractivity contribution in [2.75, 3.05) is 40.0 Å². The van der Waals surface area contributed by atoms with E-state index in [0.29, 0.717) is 56.0 Å². The second kappa shape index (κ2) is 8.82. The van der Waals surface area contributed by atoms with Crippen molar-refractivity contribution >= 4 is 5.91 Å². The summed E-state index contributed by atoms with van der Waals surface area (Å²) in [5.74, 6) is 0.467. The van der Waals surface area contributed by atoms with Gasteiger partial charge in [-0.2, -0.15) is 13.2 Å². The molecular weight excluding hydrogens is 435 g/mol. The Balaban J connectivity index is 1.35. The van der Waals surface area contributed by atoms with E-state index in [2.05, 4.69) is 9.88 Å². The molecule has 5 rings (SSSR count). The van der Waals surface area contributed by atoms with Crippen LogP contribution in [-0.2, 0) is 33.4 Å². The zero-order valence-corrected chi connectivity index (χ0v) is 19.1. The fourth-order valence-corrected chi connectivity index (χ4v) is 6.76. The molecule has 0 aromatic carbocycles. The predicted octanol–water partition coefficient (Wildman–Crippen LogP) is 3.28. The van der Waals surface area contributed by atoms with Crippen LogP contribution in [0, 0.1) is 11.3 Å². The fourth-order valence-electron chi connectivity index (χ4n) is 6.76. The molecule has 1 aromatic heterocycles. The monoisotopic (exact) mass is 467 g/mol. The highest BCUT2D eigenvalue weighted by molar-refractivity contribution is 5.84. The molecule has 9 heteroatoms. The number of morpholine rings is 1. The minimum Gasteiger partial charge on any atom is -0.383 e. The van der Waals surface area contributed by atoms with E-state index in [1.54, 1.807) is 12.0 Å². The summed E-state index contributed by atoms with van der Waals surface area (Å²) in [6.45, 7) is 3.53. The molecule has 4 aliphatic rings. The summed E-state index contributed by atoms with van der Waals surface area (Å²) in [6, 6.07) is 1.69. The quantitative estimate of drug-likeness (QED) is 0.680. The number of carbonyl (C=O) groups excluding carboxylic acids is 1. The van der Waals surface area contributed by atoms with Gasteiger partial charge in [-0.1, -0.05) is 6.42 Å². The van der Waals surface area contributed by atoms with Gasteiger partial charge in [-0.25, -0.2) is 0 Å². The van der Waals surface area contributed by atoms with Gasteiger partial charge in [0.05, 0.1) is 36.8 Å². The Morgan fingerprint density at radius 1 is 1.36 bits per heavy atom. The lowest BCUT2D eigenvalue weighted by Gasteiger charge is -2.41. The first-order valence-corrected chi connectivity index (χ1v) is 12.0. The van der Waals surface area contributed by atoms with Gasteiger partial charge in [0.25, 0.3) is 0 Å². The van der Waals surface area contributed by atoms with E-state index in [-0.39, 0.29) is 18.5 Å². The predicted molar refractivity (Wildman–Crippen MR) is 114 cm³/mol. The van der Waals surface area contributed by atoms with Gasteiger partial charge in [0, 0.05) is 51.1 Å². The Hall–Kier alpha value is -1.71. The number of methoxy groups -OCH3 is 1. The maximum Gasteiger partial charge on any atom is 0.417 e. The normalized spacial score (nSPS) is 32.6. The van der Waals surface area contributed by atoms with Crippen LogP contribution in [0.4, 0.5) is 13.2 Å². The van der Waals surface area contributed by atoms with Gasteiger partial charge in [-0.3, -0.25) is 14.7 Å². The van der Waals surface area contributed by atoms with Gasteiger partial charge in [-0.05, 0) is 43.2 Å². The third-order valence-electron chi connectivity index (χ3n) is 8.29. The number of carbonyl (C=O) groups is 1. The number of ether oxygens (including phenoxy) is 2. The average molecular weight is 468 g/mol. The van der Waals surface area contributed by atoms with E-state index in [9.17, 15) is 18.0 Å². The largest absolute Gasteiger partial charge is 0.417 e. The first-order valence-electron chi connectivity index (χ1n) is 12.0. The molecule has 4 atom stereocenters. The number of fused-ring (bicyclic) bond motifs is 2. The topological polar surface area (TPSA) is 54.9 Å². The SMILES string of the molecule is COC[C@@H]1COCCN1[C@@H]1C[C@H]2CCC[C@@]2(C(=O)N2CCc3ncc(C(F)(F)F)cc3C2)C1. The first kappa shape index (κ1) is 23.1. The molecule has 0 radical (unpaired) electrons. The molecule has 33 heavy (non-hydrogen) atoms. The standard InChI is InChI=1S/C24H32F3N3O3/c1-32-14-20-15-33-8-7-30(20)19-10-17-3-2-5-23(17,11-19)22(31)29-6-4-21-16(13-29)9-18(12-28-21)24(25,26)27/h9,12,17,19-20H,2-8,10-11,13-15H2,1H3/t17-,19-,20-,23-/m1/s1. The number of nitrogens with zero attached hydrogens (tertiary/aromatic N) is 3. The number of hydrogen-bond acceptors (Lipinski definition) is 5. The number of amides is 1. The van der Waals surface area contributed by atoms with E-state index >= 15 is 0 Å². The summed E-state index contributed by atoms with van der Waals surface area (Å²) in [5.41, 5.74) is 0.0587. The lowest BCUT2D eigenvalue weighted by atomic mass is 9.78. The molecule has 1 amide bonds. The molecular formula is C24H32F3N3O3. The summed E-state index contributed by atoms with van der Waals surface area (Å²) in [4.78, 5) is 22.3. The van der Waals surface area contributed by atoms with Crippen LogP contribution in [0.25, 0.3) is 0 Å². The molecule has 2 saturated carbocycles. The van der Waals surface area contributed by atoms with Gasteiger partial charge in [-0.15, -0.1) is 0 Å². The van der Waals surface area contributed by atoms with Gasteiger partial charge >= 0.3 is 6.18 Å². The molecule has 2 aliphatic heterocycles. The minimum atomic E-state index is -4.43. The highest BCUT2D eigenvalue weighted by Gasteiger charge is 2.57. The van der Waals surface area contributed by atoms with Gasteiger partial charge < -0.3 is 14.4 Å². The van der Waals surface area contributed by atoms with Crippen LogP contribution in [0.15, 0.2) is 12.3 Å². The Labute approximate surface area is 192 Å². The highest BCUT2D eigenvalue weighted by atomic mass is 19.4. The van der Waals surface area contributed by atoms with Crippen molar-refractivity contribution in [3.05, 3.63) is 29.1 Å². The number of rotatable bonds is 4. The Bertz CT molecular complexity index is 893. The average Bonchev–Trinajstić information content (AvgIpc) is 3.36. The zero-order valence-electron chi connectivity index (χ0n) is 19.1. The van der Waals surface area contributed by atoms with Crippen molar-refractivity contribution < 1.29 is 27.4 Å². The Morgan fingerprint density at radius 3 is 3.00 bits per heavy atom. The van der Waals surface area contributed by atoms with Crippen molar-refractivity contribution in [3.8, 4) is 0 Å². The van der Waals surface area contributed by atoms with Crippen molar-refractivity contribution in [2.24, 2.45) is 11.3 Å². The van der Waals surface area contributed by atoms with Crippen molar-refractivity contribution in [1.82, 2.24) is 14.8 Å².